The third kappa shape index (κ3) is 3.48. The fourth-order valence-corrected chi connectivity index (χ4v) is 3.57. The fourth-order valence-electron chi connectivity index (χ4n) is 3.57. The number of hydrogen-bond donors (Lipinski definition) is 1. The molecule has 1 saturated heterocycles. The second-order valence-electron chi connectivity index (χ2n) is 6.69. The van der Waals surface area contributed by atoms with E-state index in [0.29, 0.717) is 6.42 Å². The molecule has 132 valence electrons. The number of piperidine rings is 1. The molecule has 1 aliphatic heterocycles. The zero-order chi connectivity index (χ0) is 16.5. The topological polar surface area (TPSA) is 52.5 Å². The number of rotatable bonds is 3. The largest absolute Gasteiger partial charge is 1.00 e. The molecule has 1 aromatic carbocycles. The smallest absolute Gasteiger partial charge is 0.274 e. The van der Waals surface area contributed by atoms with E-state index in [0.717, 1.165) is 48.2 Å². The third-order valence-electron chi connectivity index (χ3n) is 4.98. The first-order valence-corrected chi connectivity index (χ1v) is 8.56. The standard InChI is InChI=1S/C19H21N3O2.ClH/c1-21-10-8-14(9-11-21)22-19(23)17-7-3-2-6-16(17)18(20-22)13-15-5-4-12-24-15;/h2-7,12,14H,8-11,13H2,1H3;1H. The van der Waals surface area contributed by atoms with Crippen LogP contribution in [-0.4, -0.2) is 29.9 Å². The van der Waals surface area contributed by atoms with E-state index in [2.05, 4.69) is 7.05 Å². The van der Waals surface area contributed by atoms with E-state index in [1.807, 2.05) is 36.4 Å². The van der Waals surface area contributed by atoms with Gasteiger partial charge in [-0.15, -0.1) is 0 Å². The molecule has 0 bridgehead atoms. The Morgan fingerprint density at radius 1 is 1.16 bits per heavy atom. The molecular formula is C19H22ClN3O2. The van der Waals surface area contributed by atoms with Gasteiger partial charge < -0.3 is 21.7 Å². The van der Waals surface area contributed by atoms with Crippen molar-refractivity contribution in [1.29, 1.82) is 0 Å². The van der Waals surface area contributed by atoms with Crippen molar-refractivity contribution in [2.45, 2.75) is 25.3 Å². The number of nitrogens with one attached hydrogen (secondary N) is 1. The molecule has 0 saturated carbocycles. The summed E-state index contributed by atoms with van der Waals surface area (Å²) in [5.74, 6) is 0.866. The summed E-state index contributed by atoms with van der Waals surface area (Å²) in [4.78, 5) is 14.5. The van der Waals surface area contributed by atoms with Gasteiger partial charge in [0, 0.05) is 18.2 Å². The molecule has 0 radical (unpaired) electrons. The zero-order valence-electron chi connectivity index (χ0n) is 14.2. The van der Waals surface area contributed by atoms with E-state index in [4.69, 9.17) is 9.52 Å². The highest BCUT2D eigenvalue weighted by Crippen LogP contribution is 2.20. The van der Waals surface area contributed by atoms with Crippen LogP contribution in [0.5, 0.6) is 0 Å². The van der Waals surface area contributed by atoms with E-state index < -0.39 is 0 Å². The molecule has 3 aromatic rings. The maximum Gasteiger partial charge on any atom is 0.274 e. The molecule has 6 heteroatoms. The summed E-state index contributed by atoms with van der Waals surface area (Å²) in [6.45, 7) is 2.16. The van der Waals surface area contributed by atoms with Crippen molar-refractivity contribution < 1.29 is 21.7 Å². The molecule has 0 unspecified atom stereocenters. The van der Waals surface area contributed by atoms with Crippen LogP contribution >= 0.6 is 0 Å². The molecule has 2 aromatic heterocycles. The summed E-state index contributed by atoms with van der Waals surface area (Å²) in [7, 11) is 2.20. The predicted octanol–water partition coefficient (Wildman–Crippen LogP) is -1.57. The average molecular weight is 360 g/mol. The maximum absolute atomic E-state index is 12.9. The Balaban J connectivity index is 0.00000182. The molecule has 0 aliphatic carbocycles. The molecule has 25 heavy (non-hydrogen) atoms. The van der Waals surface area contributed by atoms with Crippen LogP contribution in [0.3, 0.4) is 0 Å². The lowest BCUT2D eigenvalue weighted by atomic mass is 10.0. The van der Waals surface area contributed by atoms with Gasteiger partial charge in [-0.3, -0.25) is 4.79 Å². The van der Waals surface area contributed by atoms with Gasteiger partial charge in [-0.25, -0.2) is 4.68 Å². The Kier molecular flexibility index (Phi) is 5.25. The summed E-state index contributed by atoms with van der Waals surface area (Å²) < 4.78 is 7.21. The Morgan fingerprint density at radius 2 is 1.88 bits per heavy atom. The van der Waals surface area contributed by atoms with Gasteiger partial charge in [0.1, 0.15) is 5.76 Å². The van der Waals surface area contributed by atoms with E-state index >= 15 is 0 Å². The molecule has 1 aliphatic rings. The van der Waals surface area contributed by atoms with Gasteiger partial charge in [0.25, 0.3) is 5.56 Å². The van der Waals surface area contributed by atoms with Gasteiger partial charge in [0.15, 0.2) is 0 Å². The van der Waals surface area contributed by atoms with Crippen LogP contribution in [0.1, 0.15) is 30.3 Å². The quantitative estimate of drug-likeness (QED) is 0.615. The van der Waals surface area contributed by atoms with E-state index in [1.165, 1.54) is 4.90 Å². The minimum absolute atomic E-state index is 0. The van der Waals surface area contributed by atoms with Gasteiger partial charge in [-0.1, -0.05) is 18.2 Å². The average Bonchev–Trinajstić information content (AvgIpc) is 3.11. The number of nitrogens with zero attached hydrogens (tertiary/aromatic N) is 2. The monoisotopic (exact) mass is 359 g/mol. The number of furan rings is 1. The number of fused-ring (bicyclic) bond motifs is 1. The highest BCUT2D eigenvalue weighted by molar-refractivity contribution is 5.83. The van der Waals surface area contributed by atoms with Gasteiger partial charge in [0.2, 0.25) is 0 Å². The zero-order valence-corrected chi connectivity index (χ0v) is 15.0. The van der Waals surface area contributed by atoms with Crippen LogP contribution in [0.15, 0.2) is 51.9 Å². The van der Waals surface area contributed by atoms with Crippen molar-refractivity contribution in [1.82, 2.24) is 9.78 Å². The molecule has 0 amide bonds. The molecule has 0 spiro atoms. The summed E-state index contributed by atoms with van der Waals surface area (Å²) >= 11 is 0. The van der Waals surface area contributed by atoms with Crippen LogP contribution < -0.4 is 22.9 Å². The number of aromatic nitrogens is 2. The summed E-state index contributed by atoms with van der Waals surface area (Å²) in [6.07, 6.45) is 4.27. The van der Waals surface area contributed by atoms with Crippen LogP contribution in [-0.2, 0) is 6.42 Å². The van der Waals surface area contributed by atoms with Crippen LogP contribution in [0.2, 0.25) is 0 Å². The first kappa shape index (κ1) is 17.7. The summed E-state index contributed by atoms with van der Waals surface area (Å²) in [6, 6.07) is 11.8. The highest BCUT2D eigenvalue weighted by Gasteiger charge is 2.24. The maximum atomic E-state index is 12.9. The number of halogens is 1. The first-order valence-electron chi connectivity index (χ1n) is 8.56. The van der Waals surface area contributed by atoms with Gasteiger partial charge in [-0.05, 0) is 18.2 Å². The van der Waals surface area contributed by atoms with Crippen molar-refractivity contribution >= 4 is 10.8 Å². The molecule has 4 rings (SSSR count). The van der Waals surface area contributed by atoms with Crippen LogP contribution in [0, 0.1) is 0 Å². The van der Waals surface area contributed by atoms with Gasteiger partial charge in [-0.2, -0.15) is 5.10 Å². The predicted molar refractivity (Wildman–Crippen MR) is 92.4 cm³/mol. The summed E-state index contributed by atoms with van der Waals surface area (Å²) in [5.41, 5.74) is 0.935. The number of hydrogen-bond acceptors (Lipinski definition) is 3. The molecule has 1 N–H and O–H groups in total. The van der Waals surface area contributed by atoms with Crippen molar-refractivity contribution in [2.75, 3.05) is 20.1 Å². The van der Waals surface area contributed by atoms with Crippen LogP contribution in [0.4, 0.5) is 0 Å². The Labute approximate surface area is 152 Å². The number of quaternary nitrogens is 1. The second kappa shape index (κ2) is 7.42. The van der Waals surface area contributed by atoms with Crippen molar-refractivity contribution in [3.05, 3.63) is 64.5 Å². The summed E-state index contributed by atoms with van der Waals surface area (Å²) in [5, 5.41) is 6.43. The SMILES string of the molecule is C[NH+]1CCC(n2nc(Cc3ccco3)c3ccccc3c2=O)CC1.[Cl-]. The third-order valence-corrected chi connectivity index (χ3v) is 4.98. The normalized spacial score (nSPS) is 20.4. The minimum atomic E-state index is 0. The number of likely N-dealkylation sites (tertiary alicyclic amines) is 1. The lowest BCUT2D eigenvalue weighted by molar-refractivity contribution is -0.885. The second-order valence-corrected chi connectivity index (χ2v) is 6.69. The van der Waals surface area contributed by atoms with Crippen molar-refractivity contribution in [2.24, 2.45) is 0 Å². The van der Waals surface area contributed by atoms with Gasteiger partial charge >= 0.3 is 0 Å². The van der Waals surface area contributed by atoms with Crippen molar-refractivity contribution in [3.8, 4) is 0 Å². The molecular weight excluding hydrogens is 338 g/mol. The van der Waals surface area contributed by atoms with Crippen molar-refractivity contribution in [3.63, 3.8) is 0 Å². The minimum Gasteiger partial charge on any atom is -1.00 e. The molecule has 0 atom stereocenters. The van der Waals surface area contributed by atoms with E-state index in [-0.39, 0.29) is 24.0 Å². The molecule has 1 fully saturated rings. The van der Waals surface area contributed by atoms with E-state index in [1.54, 1.807) is 10.9 Å². The highest BCUT2D eigenvalue weighted by atomic mass is 35.5. The molecule has 3 heterocycles. The van der Waals surface area contributed by atoms with Gasteiger partial charge in [0.05, 0.1) is 49.9 Å². The lowest BCUT2D eigenvalue weighted by Gasteiger charge is -2.27. The Bertz CT molecular complexity index is 897. The Hall–Kier alpha value is -2.11. The van der Waals surface area contributed by atoms with Crippen LogP contribution in [0.25, 0.3) is 10.8 Å². The van der Waals surface area contributed by atoms with E-state index in [9.17, 15) is 4.79 Å². The molecule has 5 nitrogen and oxygen atoms in total. The first-order chi connectivity index (χ1) is 11.7. The number of benzene rings is 1. The fraction of sp³-hybridized carbons (Fsp3) is 0.368. The lowest BCUT2D eigenvalue weighted by Crippen LogP contribution is -3.10. The Morgan fingerprint density at radius 3 is 2.56 bits per heavy atom.